The Morgan fingerprint density at radius 2 is 1.53 bits per heavy atom. The average Bonchev–Trinajstić information content (AvgIpc) is 2.79. The Kier molecular flexibility index (Phi) is 7.99. The van der Waals surface area contributed by atoms with E-state index in [0.29, 0.717) is 24.3 Å². The van der Waals surface area contributed by atoms with Crippen LogP contribution in [0.25, 0.3) is 0 Å². The largest absolute Gasteiger partial charge is 0.482 e. The summed E-state index contributed by atoms with van der Waals surface area (Å²) in [5, 5.41) is 12.9. The number of hydrazone groups is 1. The van der Waals surface area contributed by atoms with Crippen molar-refractivity contribution in [3.8, 4) is 5.75 Å². The highest BCUT2D eigenvalue weighted by Crippen LogP contribution is 2.15. The van der Waals surface area contributed by atoms with Crippen LogP contribution in [0.4, 0.5) is 0 Å². The van der Waals surface area contributed by atoms with Gasteiger partial charge in [-0.2, -0.15) is 5.10 Å². The highest BCUT2D eigenvalue weighted by atomic mass is 32.2. The zero-order valence-corrected chi connectivity index (χ0v) is 18.2. The SMILES string of the molecule is O=C(O)COc1cccc(CCCS(=O)(=O)NN=C(c2ccccc2)c2ccccc2)c1. The second kappa shape index (κ2) is 11.1. The molecule has 0 spiro atoms. The highest BCUT2D eigenvalue weighted by molar-refractivity contribution is 7.89. The van der Waals surface area contributed by atoms with Crippen LogP contribution in [0.5, 0.6) is 5.75 Å². The lowest BCUT2D eigenvalue weighted by Crippen LogP contribution is -2.24. The van der Waals surface area contributed by atoms with Crippen LogP contribution in [-0.2, 0) is 21.2 Å². The summed E-state index contributed by atoms with van der Waals surface area (Å²) in [5.74, 6) is -0.725. The molecule has 0 atom stereocenters. The molecule has 3 aromatic carbocycles. The summed E-state index contributed by atoms with van der Waals surface area (Å²) >= 11 is 0. The molecule has 2 N–H and O–H groups in total. The lowest BCUT2D eigenvalue weighted by molar-refractivity contribution is -0.139. The van der Waals surface area contributed by atoms with E-state index in [1.54, 1.807) is 18.2 Å². The molecule has 0 fully saturated rings. The first-order chi connectivity index (χ1) is 15.4. The predicted octanol–water partition coefficient (Wildman–Crippen LogP) is 3.45. The van der Waals surface area contributed by atoms with Crippen LogP contribution in [0.15, 0.2) is 90.0 Å². The monoisotopic (exact) mass is 452 g/mol. The van der Waals surface area contributed by atoms with Crippen molar-refractivity contribution in [3.05, 3.63) is 102 Å². The number of aliphatic carboxylic acids is 1. The van der Waals surface area contributed by atoms with E-state index in [1.807, 2.05) is 66.7 Å². The van der Waals surface area contributed by atoms with E-state index in [1.165, 1.54) is 0 Å². The first-order valence-corrected chi connectivity index (χ1v) is 11.7. The maximum Gasteiger partial charge on any atom is 0.341 e. The number of aryl methyl sites for hydroxylation is 1. The molecule has 0 radical (unpaired) electrons. The van der Waals surface area contributed by atoms with Crippen molar-refractivity contribution in [2.75, 3.05) is 12.4 Å². The fourth-order valence-electron chi connectivity index (χ4n) is 3.05. The number of carboxylic acids is 1. The smallest absolute Gasteiger partial charge is 0.341 e. The summed E-state index contributed by atoms with van der Waals surface area (Å²) < 4.78 is 30.2. The maximum atomic E-state index is 12.5. The zero-order chi connectivity index (χ0) is 22.8. The van der Waals surface area contributed by atoms with Crippen LogP contribution >= 0.6 is 0 Å². The molecule has 7 nitrogen and oxygen atoms in total. The van der Waals surface area contributed by atoms with Crippen molar-refractivity contribution >= 4 is 21.7 Å². The van der Waals surface area contributed by atoms with Gasteiger partial charge in [0, 0.05) is 11.1 Å². The van der Waals surface area contributed by atoms with Gasteiger partial charge in [-0.3, -0.25) is 0 Å². The zero-order valence-electron chi connectivity index (χ0n) is 17.3. The molecule has 0 aliphatic carbocycles. The minimum absolute atomic E-state index is 0.104. The second-order valence-electron chi connectivity index (χ2n) is 7.04. The Bertz CT molecular complexity index is 1120. The van der Waals surface area contributed by atoms with E-state index in [4.69, 9.17) is 9.84 Å². The van der Waals surface area contributed by atoms with Gasteiger partial charge in [0.25, 0.3) is 0 Å². The number of benzene rings is 3. The van der Waals surface area contributed by atoms with Crippen LogP contribution < -0.4 is 9.57 Å². The van der Waals surface area contributed by atoms with Gasteiger partial charge in [0.15, 0.2) is 6.61 Å². The summed E-state index contributed by atoms with van der Waals surface area (Å²) in [7, 11) is -3.64. The molecule has 0 saturated heterocycles. The molecule has 0 bridgehead atoms. The summed E-state index contributed by atoms with van der Waals surface area (Å²) in [6.45, 7) is -0.426. The number of rotatable bonds is 11. The number of nitrogens with one attached hydrogen (secondary N) is 1. The van der Waals surface area contributed by atoms with Gasteiger partial charge in [0.2, 0.25) is 10.0 Å². The van der Waals surface area contributed by atoms with Crippen molar-refractivity contribution < 1.29 is 23.1 Å². The molecule has 0 unspecified atom stereocenters. The van der Waals surface area contributed by atoms with Gasteiger partial charge in [0.05, 0.1) is 11.5 Å². The first kappa shape index (κ1) is 23.0. The highest BCUT2D eigenvalue weighted by Gasteiger charge is 2.12. The van der Waals surface area contributed by atoms with Crippen molar-refractivity contribution in [2.24, 2.45) is 5.10 Å². The number of carboxylic acid groups (broad SMARTS) is 1. The standard InChI is InChI=1S/C24H24N2O5S/c27-23(28)18-31-22-15-7-9-19(17-22)10-8-16-32(29,30)26-25-24(20-11-3-1-4-12-20)21-13-5-2-6-14-21/h1-7,9,11-15,17,26H,8,10,16,18H2,(H,27,28). The van der Waals surface area contributed by atoms with Crippen molar-refractivity contribution in [2.45, 2.75) is 12.8 Å². The average molecular weight is 453 g/mol. The molecule has 3 rings (SSSR count). The molecular formula is C24H24N2O5S. The third-order valence-corrected chi connectivity index (χ3v) is 5.73. The van der Waals surface area contributed by atoms with E-state index in [0.717, 1.165) is 16.7 Å². The number of carbonyl (C=O) groups is 1. The fourth-order valence-corrected chi connectivity index (χ4v) is 3.90. The molecule has 166 valence electrons. The fraction of sp³-hybridized carbons (Fsp3) is 0.167. The maximum absolute atomic E-state index is 12.5. The van der Waals surface area contributed by atoms with E-state index in [9.17, 15) is 13.2 Å². The summed E-state index contributed by atoms with van der Waals surface area (Å²) in [5.41, 5.74) is 3.01. The Hall–Kier alpha value is -3.65. The number of hydrogen-bond donors (Lipinski definition) is 2. The third kappa shape index (κ3) is 7.24. The molecule has 0 aliphatic heterocycles. The Labute approximate surface area is 187 Å². The van der Waals surface area contributed by atoms with Crippen LogP contribution in [0, 0.1) is 0 Å². The molecule has 8 heteroatoms. The lowest BCUT2D eigenvalue weighted by Gasteiger charge is -2.09. The van der Waals surface area contributed by atoms with E-state index in [2.05, 4.69) is 9.93 Å². The predicted molar refractivity (Wildman–Crippen MR) is 123 cm³/mol. The number of hydrogen-bond acceptors (Lipinski definition) is 5. The van der Waals surface area contributed by atoms with Gasteiger partial charge < -0.3 is 9.84 Å². The van der Waals surface area contributed by atoms with E-state index in [-0.39, 0.29) is 5.75 Å². The number of nitrogens with zero attached hydrogens (tertiary/aromatic N) is 1. The van der Waals surface area contributed by atoms with Gasteiger partial charge in [-0.25, -0.2) is 18.0 Å². The molecule has 0 amide bonds. The normalized spacial score (nSPS) is 10.9. The van der Waals surface area contributed by atoms with Gasteiger partial charge >= 0.3 is 5.97 Å². The van der Waals surface area contributed by atoms with Crippen molar-refractivity contribution in [3.63, 3.8) is 0 Å². The number of ether oxygens (including phenoxy) is 1. The Balaban J connectivity index is 1.63. The molecule has 0 saturated carbocycles. The Morgan fingerprint density at radius 3 is 2.12 bits per heavy atom. The molecule has 32 heavy (non-hydrogen) atoms. The topological polar surface area (TPSA) is 105 Å². The third-order valence-electron chi connectivity index (χ3n) is 4.53. The molecule has 0 aliphatic rings. The minimum Gasteiger partial charge on any atom is -0.482 e. The second-order valence-corrected chi connectivity index (χ2v) is 8.86. The van der Waals surface area contributed by atoms with Crippen molar-refractivity contribution in [1.29, 1.82) is 0 Å². The van der Waals surface area contributed by atoms with Gasteiger partial charge in [-0.1, -0.05) is 72.8 Å². The quantitative estimate of drug-likeness (QED) is 0.342. The van der Waals surface area contributed by atoms with Gasteiger partial charge in [-0.15, -0.1) is 0 Å². The van der Waals surface area contributed by atoms with Crippen LogP contribution in [-0.4, -0.2) is 37.6 Å². The molecule has 0 aromatic heterocycles. The van der Waals surface area contributed by atoms with Crippen LogP contribution in [0.3, 0.4) is 0 Å². The van der Waals surface area contributed by atoms with Gasteiger partial charge in [0.1, 0.15) is 5.75 Å². The van der Waals surface area contributed by atoms with E-state index >= 15 is 0 Å². The van der Waals surface area contributed by atoms with E-state index < -0.39 is 22.6 Å². The molecule has 3 aromatic rings. The molecular weight excluding hydrogens is 428 g/mol. The van der Waals surface area contributed by atoms with Crippen molar-refractivity contribution in [1.82, 2.24) is 4.83 Å². The summed E-state index contributed by atoms with van der Waals surface area (Å²) in [6.07, 6.45) is 0.873. The minimum atomic E-state index is -3.64. The van der Waals surface area contributed by atoms with Crippen LogP contribution in [0.1, 0.15) is 23.1 Å². The lowest BCUT2D eigenvalue weighted by atomic mass is 10.0. The van der Waals surface area contributed by atoms with Crippen LogP contribution in [0.2, 0.25) is 0 Å². The Morgan fingerprint density at radius 1 is 0.906 bits per heavy atom. The summed E-state index contributed by atoms with van der Waals surface area (Å²) in [6, 6.07) is 25.7. The first-order valence-electron chi connectivity index (χ1n) is 10.0. The summed E-state index contributed by atoms with van der Waals surface area (Å²) in [4.78, 5) is 13.0. The van der Waals surface area contributed by atoms with Gasteiger partial charge in [-0.05, 0) is 30.5 Å². The molecule has 0 heterocycles. The number of sulfonamides is 1.